The number of nitrogens with two attached hydrogens (primary N) is 1. The Hall–Kier alpha value is -1.05. The SMILES string of the molecule is CC1(C)CCCN1S(=O)(=O)c1ccc(F)c(CN)c1F. The first kappa shape index (κ1) is 15.3. The molecule has 1 aliphatic heterocycles. The maximum atomic E-state index is 14.2. The van der Waals surface area contributed by atoms with E-state index in [2.05, 4.69) is 0 Å². The second kappa shape index (κ2) is 5.05. The zero-order chi connectivity index (χ0) is 15.1. The van der Waals surface area contributed by atoms with Crippen LogP contribution in [0.4, 0.5) is 8.78 Å². The van der Waals surface area contributed by atoms with Crippen LogP contribution >= 0.6 is 0 Å². The van der Waals surface area contributed by atoms with Gasteiger partial charge < -0.3 is 5.73 Å². The summed E-state index contributed by atoms with van der Waals surface area (Å²) < 4.78 is 54.0. The monoisotopic (exact) mass is 304 g/mol. The summed E-state index contributed by atoms with van der Waals surface area (Å²) in [6.07, 6.45) is 1.43. The molecule has 1 aromatic carbocycles. The zero-order valence-electron chi connectivity index (χ0n) is 11.5. The summed E-state index contributed by atoms with van der Waals surface area (Å²) in [5.41, 5.74) is 4.32. The van der Waals surface area contributed by atoms with Crippen LogP contribution < -0.4 is 5.73 Å². The van der Waals surface area contributed by atoms with Crippen molar-refractivity contribution in [2.24, 2.45) is 5.73 Å². The van der Waals surface area contributed by atoms with Crippen LogP contribution in [-0.4, -0.2) is 24.8 Å². The first-order valence-corrected chi connectivity index (χ1v) is 7.85. The van der Waals surface area contributed by atoms with E-state index in [0.29, 0.717) is 13.0 Å². The standard InChI is InChI=1S/C13H18F2N2O2S/c1-13(2)6-3-7-17(13)20(18,19)11-5-4-10(14)9(8-16)12(11)15/h4-5H,3,6-8,16H2,1-2H3. The van der Waals surface area contributed by atoms with Gasteiger partial charge in [0.15, 0.2) is 5.82 Å². The minimum absolute atomic E-state index is 0.337. The van der Waals surface area contributed by atoms with Gasteiger partial charge in [0.25, 0.3) is 0 Å². The zero-order valence-corrected chi connectivity index (χ0v) is 12.3. The third kappa shape index (κ3) is 2.34. The quantitative estimate of drug-likeness (QED) is 0.929. The van der Waals surface area contributed by atoms with Crippen molar-refractivity contribution in [1.82, 2.24) is 4.31 Å². The highest BCUT2D eigenvalue weighted by molar-refractivity contribution is 7.89. The Bertz CT molecular complexity index is 630. The number of rotatable bonds is 3. The fraction of sp³-hybridized carbons (Fsp3) is 0.538. The maximum absolute atomic E-state index is 14.2. The van der Waals surface area contributed by atoms with Crippen molar-refractivity contribution in [3.05, 3.63) is 29.3 Å². The van der Waals surface area contributed by atoms with Crippen molar-refractivity contribution in [2.75, 3.05) is 6.54 Å². The second-order valence-corrected chi connectivity index (χ2v) is 7.37. The van der Waals surface area contributed by atoms with Gasteiger partial charge in [-0.1, -0.05) is 0 Å². The van der Waals surface area contributed by atoms with Gasteiger partial charge in [-0.15, -0.1) is 0 Å². The van der Waals surface area contributed by atoms with Gasteiger partial charge in [0.2, 0.25) is 10.0 Å². The van der Waals surface area contributed by atoms with E-state index in [-0.39, 0.29) is 6.54 Å². The lowest BCUT2D eigenvalue weighted by Gasteiger charge is -2.30. The predicted molar refractivity (Wildman–Crippen MR) is 71.5 cm³/mol. The summed E-state index contributed by atoms with van der Waals surface area (Å²) in [4.78, 5) is -0.505. The molecule has 0 radical (unpaired) electrons. The predicted octanol–water partition coefficient (Wildman–Crippen LogP) is 1.99. The van der Waals surface area contributed by atoms with Gasteiger partial charge in [-0.05, 0) is 38.8 Å². The summed E-state index contributed by atoms with van der Waals surface area (Å²) in [6.45, 7) is 3.54. The van der Waals surface area contributed by atoms with Crippen LogP contribution in [0.15, 0.2) is 17.0 Å². The average Bonchev–Trinajstić information content (AvgIpc) is 2.69. The van der Waals surface area contributed by atoms with Crippen molar-refractivity contribution < 1.29 is 17.2 Å². The molecule has 2 rings (SSSR count). The minimum Gasteiger partial charge on any atom is -0.326 e. The molecule has 0 aromatic heterocycles. The molecule has 0 saturated carbocycles. The highest BCUT2D eigenvalue weighted by atomic mass is 32.2. The molecule has 4 nitrogen and oxygen atoms in total. The molecule has 2 N–H and O–H groups in total. The topological polar surface area (TPSA) is 63.4 Å². The van der Waals surface area contributed by atoms with Crippen LogP contribution in [0.5, 0.6) is 0 Å². The van der Waals surface area contributed by atoms with Crippen molar-refractivity contribution in [1.29, 1.82) is 0 Å². The molecule has 20 heavy (non-hydrogen) atoms. The highest BCUT2D eigenvalue weighted by Crippen LogP contribution is 2.35. The average molecular weight is 304 g/mol. The molecular formula is C13H18F2N2O2S. The lowest BCUT2D eigenvalue weighted by molar-refractivity contribution is 0.290. The molecule has 0 atom stereocenters. The van der Waals surface area contributed by atoms with Crippen LogP contribution in [-0.2, 0) is 16.6 Å². The van der Waals surface area contributed by atoms with Gasteiger partial charge in [0.1, 0.15) is 10.7 Å². The van der Waals surface area contributed by atoms with E-state index in [0.717, 1.165) is 18.6 Å². The molecule has 0 aliphatic carbocycles. The second-order valence-electron chi connectivity index (χ2n) is 5.54. The van der Waals surface area contributed by atoms with Gasteiger partial charge in [0, 0.05) is 24.2 Å². The van der Waals surface area contributed by atoms with Crippen LogP contribution in [0.3, 0.4) is 0 Å². The molecule has 7 heteroatoms. The van der Waals surface area contributed by atoms with Crippen LogP contribution in [0, 0.1) is 11.6 Å². The van der Waals surface area contributed by atoms with E-state index in [9.17, 15) is 17.2 Å². The van der Waals surface area contributed by atoms with Gasteiger partial charge >= 0.3 is 0 Å². The lowest BCUT2D eigenvalue weighted by Crippen LogP contribution is -2.42. The number of benzene rings is 1. The molecule has 1 aromatic rings. The minimum atomic E-state index is -3.99. The van der Waals surface area contributed by atoms with E-state index >= 15 is 0 Å². The number of sulfonamides is 1. The molecule has 0 bridgehead atoms. The summed E-state index contributed by atoms with van der Waals surface area (Å²) in [7, 11) is -3.99. The van der Waals surface area contributed by atoms with Gasteiger partial charge in [-0.2, -0.15) is 4.31 Å². The maximum Gasteiger partial charge on any atom is 0.246 e. The van der Waals surface area contributed by atoms with Crippen molar-refractivity contribution in [3.63, 3.8) is 0 Å². The molecule has 1 aliphatic rings. The molecule has 0 spiro atoms. The van der Waals surface area contributed by atoms with Gasteiger partial charge in [-0.3, -0.25) is 0 Å². The molecule has 1 heterocycles. The third-order valence-corrected chi connectivity index (χ3v) is 5.88. The third-order valence-electron chi connectivity index (χ3n) is 3.75. The lowest BCUT2D eigenvalue weighted by atomic mass is 10.0. The highest BCUT2D eigenvalue weighted by Gasteiger charge is 2.42. The fourth-order valence-corrected chi connectivity index (χ4v) is 4.55. The van der Waals surface area contributed by atoms with Crippen molar-refractivity contribution in [3.8, 4) is 0 Å². The van der Waals surface area contributed by atoms with E-state index < -0.39 is 37.7 Å². The first-order chi connectivity index (χ1) is 9.21. The molecule has 1 saturated heterocycles. The summed E-state index contributed by atoms with van der Waals surface area (Å²) in [5.74, 6) is -1.92. The Morgan fingerprint density at radius 2 is 2.00 bits per heavy atom. The smallest absolute Gasteiger partial charge is 0.246 e. The van der Waals surface area contributed by atoms with Gasteiger partial charge in [-0.25, -0.2) is 17.2 Å². The Morgan fingerprint density at radius 1 is 1.35 bits per heavy atom. The molecule has 0 unspecified atom stereocenters. The van der Waals surface area contributed by atoms with E-state index in [1.54, 1.807) is 13.8 Å². The molecule has 112 valence electrons. The number of hydrogen-bond acceptors (Lipinski definition) is 3. The van der Waals surface area contributed by atoms with Crippen LogP contribution in [0.1, 0.15) is 32.3 Å². The summed E-state index contributed by atoms with van der Waals surface area (Å²) >= 11 is 0. The Balaban J connectivity index is 2.56. The van der Waals surface area contributed by atoms with E-state index in [4.69, 9.17) is 5.73 Å². The van der Waals surface area contributed by atoms with Gasteiger partial charge in [0.05, 0.1) is 0 Å². The van der Waals surface area contributed by atoms with Crippen molar-refractivity contribution in [2.45, 2.75) is 43.7 Å². The Labute approximate surface area is 117 Å². The molecule has 1 fully saturated rings. The molecular weight excluding hydrogens is 286 g/mol. The normalized spacial score (nSPS) is 19.4. The number of hydrogen-bond donors (Lipinski definition) is 1. The van der Waals surface area contributed by atoms with E-state index in [1.807, 2.05) is 0 Å². The number of halogens is 2. The van der Waals surface area contributed by atoms with Crippen LogP contribution in [0.25, 0.3) is 0 Å². The summed E-state index contributed by atoms with van der Waals surface area (Å²) in [5, 5.41) is 0. The fourth-order valence-electron chi connectivity index (χ4n) is 2.61. The van der Waals surface area contributed by atoms with E-state index in [1.165, 1.54) is 4.31 Å². The Morgan fingerprint density at radius 3 is 2.50 bits per heavy atom. The largest absolute Gasteiger partial charge is 0.326 e. The first-order valence-electron chi connectivity index (χ1n) is 6.41. The Kier molecular flexibility index (Phi) is 3.88. The number of nitrogens with zero attached hydrogens (tertiary/aromatic N) is 1. The molecule has 0 amide bonds. The van der Waals surface area contributed by atoms with Crippen LogP contribution in [0.2, 0.25) is 0 Å². The summed E-state index contributed by atoms with van der Waals surface area (Å²) in [6, 6.07) is 1.91. The van der Waals surface area contributed by atoms with Crippen molar-refractivity contribution >= 4 is 10.0 Å².